The van der Waals surface area contributed by atoms with Crippen molar-refractivity contribution in [3.05, 3.63) is 48.9 Å². The smallest absolute Gasteiger partial charge is 0.350 e. The average Bonchev–Trinajstić information content (AvgIpc) is 3.33. The molecule has 0 atom stereocenters. The van der Waals surface area contributed by atoms with Crippen molar-refractivity contribution in [3.63, 3.8) is 0 Å². The van der Waals surface area contributed by atoms with Gasteiger partial charge in [0.05, 0.1) is 5.69 Å². The summed E-state index contributed by atoms with van der Waals surface area (Å²) in [5.41, 5.74) is -0.837. The normalized spacial score (nSPS) is 15.2. The van der Waals surface area contributed by atoms with Crippen LogP contribution in [0.25, 0.3) is 0 Å². The van der Waals surface area contributed by atoms with Crippen molar-refractivity contribution in [2.45, 2.75) is 24.3 Å². The fourth-order valence-electron chi connectivity index (χ4n) is 2.84. The van der Waals surface area contributed by atoms with Crippen LogP contribution in [0.3, 0.4) is 0 Å². The molecule has 2 aromatic rings. The Balaban J connectivity index is 1.82. The zero-order valence-electron chi connectivity index (χ0n) is 14.9. The Morgan fingerprint density at radius 1 is 1.19 bits per heavy atom. The van der Waals surface area contributed by atoms with Gasteiger partial charge in [-0.05, 0) is 24.3 Å². The molecule has 27 heavy (non-hydrogen) atoms. The second kappa shape index (κ2) is 7.41. The highest BCUT2D eigenvalue weighted by molar-refractivity contribution is 7.89. The zero-order chi connectivity index (χ0) is 19.8. The van der Waals surface area contributed by atoms with Gasteiger partial charge in [0.15, 0.2) is 0 Å². The Morgan fingerprint density at radius 2 is 1.85 bits per heavy atom. The topological polar surface area (TPSA) is 108 Å². The predicted octanol–water partition coefficient (Wildman–Crippen LogP) is 0.287. The van der Waals surface area contributed by atoms with Crippen LogP contribution in [-0.2, 0) is 35.5 Å². The molecule has 0 N–H and O–H groups in total. The van der Waals surface area contributed by atoms with E-state index in [1.54, 1.807) is 0 Å². The van der Waals surface area contributed by atoms with Crippen molar-refractivity contribution in [3.8, 4) is 0 Å². The summed E-state index contributed by atoms with van der Waals surface area (Å²) in [5.74, 6) is -0.809. The predicted molar refractivity (Wildman–Crippen MR) is 98.4 cm³/mol. The summed E-state index contributed by atoms with van der Waals surface area (Å²) in [5, 5.41) is 1.52. The van der Waals surface area contributed by atoms with Crippen LogP contribution >= 0.6 is 11.3 Å². The minimum atomic E-state index is -3.75. The molecule has 0 unspecified atom stereocenters. The van der Waals surface area contributed by atoms with Gasteiger partial charge in [-0.15, -0.1) is 11.3 Å². The molecular formula is C16H19N3O6S2. The maximum Gasteiger partial charge on any atom is 0.350 e. The highest BCUT2D eigenvalue weighted by atomic mass is 32.2. The summed E-state index contributed by atoms with van der Waals surface area (Å²) in [7, 11) is -0.940. The molecule has 1 saturated heterocycles. The second-order valence-corrected chi connectivity index (χ2v) is 9.00. The van der Waals surface area contributed by atoms with Gasteiger partial charge in [0.1, 0.15) is 16.4 Å². The van der Waals surface area contributed by atoms with Crippen LogP contribution < -0.4 is 11.2 Å². The van der Waals surface area contributed by atoms with E-state index in [9.17, 15) is 22.8 Å². The average molecular weight is 413 g/mol. The first kappa shape index (κ1) is 19.5. The Morgan fingerprint density at radius 3 is 2.52 bits per heavy atom. The van der Waals surface area contributed by atoms with Crippen molar-refractivity contribution in [1.82, 2.24) is 13.4 Å². The lowest BCUT2D eigenvalue weighted by Gasteiger charge is -2.15. The number of ether oxygens (including phenoxy) is 1. The quantitative estimate of drug-likeness (QED) is 0.652. The van der Waals surface area contributed by atoms with Gasteiger partial charge in [0.2, 0.25) is 10.0 Å². The van der Waals surface area contributed by atoms with E-state index in [0.29, 0.717) is 13.1 Å². The van der Waals surface area contributed by atoms with Gasteiger partial charge >= 0.3 is 11.7 Å². The SMILES string of the molecule is Cn1c(COC(=O)c2sccc2S(=O)(=O)N2CCCC2)cc(=O)n(C)c1=O. The lowest BCUT2D eigenvalue weighted by atomic mass is 10.4. The molecule has 0 bridgehead atoms. The van der Waals surface area contributed by atoms with Crippen LogP contribution in [0.5, 0.6) is 0 Å². The first-order valence-electron chi connectivity index (χ1n) is 8.24. The van der Waals surface area contributed by atoms with Crippen LogP contribution in [0.1, 0.15) is 28.2 Å². The van der Waals surface area contributed by atoms with Crippen LogP contribution in [0.4, 0.5) is 0 Å². The van der Waals surface area contributed by atoms with Gasteiger partial charge in [0, 0.05) is 33.3 Å². The molecular weight excluding hydrogens is 394 g/mol. The third-order valence-corrected chi connectivity index (χ3v) is 7.44. The zero-order valence-corrected chi connectivity index (χ0v) is 16.5. The molecule has 0 spiro atoms. The van der Waals surface area contributed by atoms with Gasteiger partial charge in [-0.2, -0.15) is 4.31 Å². The molecule has 0 saturated carbocycles. The summed E-state index contributed by atoms with van der Waals surface area (Å²) >= 11 is 0.977. The molecule has 1 fully saturated rings. The summed E-state index contributed by atoms with van der Waals surface area (Å²) in [6, 6.07) is 2.59. The molecule has 0 aliphatic carbocycles. The van der Waals surface area contributed by atoms with Gasteiger partial charge in [0.25, 0.3) is 5.56 Å². The van der Waals surface area contributed by atoms with Gasteiger partial charge in [-0.1, -0.05) is 0 Å². The summed E-state index contributed by atoms with van der Waals surface area (Å²) in [4.78, 5) is 36.0. The molecule has 0 amide bonds. The first-order valence-corrected chi connectivity index (χ1v) is 10.6. The Labute approximate surface area is 159 Å². The lowest BCUT2D eigenvalue weighted by molar-refractivity contribution is 0.0464. The lowest BCUT2D eigenvalue weighted by Crippen LogP contribution is -2.38. The molecule has 146 valence electrons. The van der Waals surface area contributed by atoms with E-state index < -0.39 is 27.2 Å². The maximum absolute atomic E-state index is 12.7. The molecule has 1 aliphatic rings. The molecule has 11 heteroatoms. The number of thiophene rings is 1. The van der Waals surface area contributed by atoms with E-state index in [1.807, 2.05) is 0 Å². The molecule has 1 aliphatic heterocycles. The number of aromatic nitrogens is 2. The largest absolute Gasteiger partial charge is 0.455 e. The highest BCUT2D eigenvalue weighted by Gasteiger charge is 2.32. The number of carbonyl (C=O) groups is 1. The number of carbonyl (C=O) groups excluding carboxylic acids is 1. The number of hydrogen-bond donors (Lipinski definition) is 0. The van der Waals surface area contributed by atoms with Crippen LogP contribution in [0.2, 0.25) is 0 Å². The Kier molecular flexibility index (Phi) is 5.36. The monoisotopic (exact) mass is 413 g/mol. The van der Waals surface area contributed by atoms with Gasteiger partial charge < -0.3 is 4.74 Å². The van der Waals surface area contributed by atoms with Crippen LogP contribution in [-0.4, -0.2) is 40.9 Å². The van der Waals surface area contributed by atoms with E-state index >= 15 is 0 Å². The third kappa shape index (κ3) is 3.62. The van der Waals surface area contributed by atoms with Crippen molar-refractivity contribution in [2.75, 3.05) is 13.1 Å². The van der Waals surface area contributed by atoms with Crippen molar-refractivity contribution < 1.29 is 17.9 Å². The maximum atomic E-state index is 12.7. The first-order chi connectivity index (χ1) is 12.7. The van der Waals surface area contributed by atoms with Crippen molar-refractivity contribution >= 4 is 27.3 Å². The molecule has 0 aromatic carbocycles. The van der Waals surface area contributed by atoms with E-state index in [2.05, 4.69) is 0 Å². The van der Waals surface area contributed by atoms with E-state index in [4.69, 9.17) is 4.74 Å². The number of hydrogen-bond acceptors (Lipinski definition) is 7. The third-order valence-electron chi connectivity index (χ3n) is 4.47. The van der Waals surface area contributed by atoms with E-state index in [-0.39, 0.29) is 22.1 Å². The summed E-state index contributed by atoms with van der Waals surface area (Å²) in [6.07, 6.45) is 1.58. The van der Waals surface area contributed by atoms with Crippen LogP contribution in [0.15, 0.2) is 32.0 Å². The summed E-state index contributed by atoms with van der Waals surface area (Å²) in [6.45, 7) is 0.548. The molecule has 3 rings (SSSR count). The Hall–Kier alpha value is -2.24. The fourth-order valence-corrected chi connectivity index (χ4v) is 5.64. The van der Waals surface area contributed by atoms with Crippen molar-refractivity contribution in [2.24, 2.45) is 14.1 Å². The van der Waals surface area contributed by atoms with Gasteiger partial charge in [-0.3, -0.25) is 13.9 Å². The second-order valence-electron chi connectivity index (χ2n) is 6.18. The summed E-state index contributed by atoms with van der Waals surface area (Å²) < 4.78 is 34.1. The number of rotatable bonds is 5. The fraction of sp³-hybridized carbons (Fsp3) is 0.438. The number of sulfonamides is 1. The Bertz CT molecular complexity index is 1090. The molecule has 9 nitrogen and oxygen atoms in total. The molecule has 2 aromatic heterocycles. The molecule has 3 heterocycles. The standard InChI is InChI=1S/C16H19N3O6S2/c1-17-11(9-13(20)18(2)16(17)22)10-25-15(21)14-12(5-8-26-14)27(23,24)19-6-3-4-7-19/h5,8-9H,3-4,6-7,10H2,1-2H3. The van der Waals surface area contributed by atoms with Crippen LogP contribution in [0, 0.1) is 0 Å². The van der Waals surface area contributed by atoms with E-state index in [1.165, 1.54) is 40.5 Å². The van der Waals surface area contributed by atoms with E-state index in [0.717, 1.165) is 28.7 Å². The van der Waals surface area contributed by atoms with Gasteiger partial charge in [-0.25, -0.2) is 18.0 Å². The number of nitrogens with zero attached hydrogens (tertiary/aromatic N) is 3. The number of esters is 1. The minimum Gasteiger partial charge on any atom is -0.455 e. The molecule has 0 radical (unpaired) electrons. The minimum absolute atomic E-state index is 0.0178. The van der Waals surface area contributed by atoms with Crippen molar-refractivity contribution in [1.29, 1.82) is 0 Å². The highest BCUT2D eigenvalue weighted by Crippen LogP contribution is 2.28.